The third kappa shape index (κ3) is 3.87. The van der Waals surface area contributed by atoms with Crippen molar-refractivity contribution in [3.63, 3.8) is 0 Å². The summed E-state index contributed by atoms with van der Waals surface area (Å²) in [7, 11) is 0. The monoisotopic (exact) mass is 273 g/mol. The van der Waals surface area contributed by atoms with E-state index in [1.165, 1.54) is 5.56 Å². The molecule has 0 saturated carbocycles. The highest BCUT2D eigenvalue weighted by Crippen LogP contribution is 2.25. The molecule has 0 bridgehead atoms. The minimum Gasteiger partial charge on any atom is -0.494 e. The van der Waals surface area contributed by atoms with Gasteiger partial charge >= 0.3 is 0 Å². The maximum Gasteiger partial charge on any atom is 0.125 e. The number of hydrogen-bond acceptors (Lipinski definition) is 3. The first-order valence-electron chi connectivity index (χ1n) is 7.34. The molecule has 108 valence electrons. The standard InChI is InChI=1S/C17H23NO2/c1-3-10-18-17(16-9-6-12-20-16)14-7-5-8-15(13-14)19-11-4-2/h5-9,12-13,17-18H,3-4,10-11H2,1-2H3. The van der Waals surface area contributed by atoms with E-state index < -0.39 is 0 Å². The Labute approximate surface area is 121 Å². The van der Waals surface area contributed by atoms with Crippen molar-refractivity contribution in [3.05, 3.63) is 54.0 Å². The summed E-state index contributed by atoms with van der Waals surface area (Å²) < 4.78 is 11.3. The van der Waals surface area contributed by atoms with Crippen LogP contribution in [0.3, 0.4) is 0 Å². The molecule has 20 heavy (non-hydrogen) atoms. The first kappa shape index (κ1) is 14.7. The van der Waals surface area contributed by atoms with Crippen LogP contribution in [0.15, 0.2) is 47.1 Å². The Hall–Kier alpha value is -1.74. The van der Waals surface area contributed by atoms with Gasteiger partial charge in [0.15, 0.2) is 0 Å². The van der Waals surface area contributed by atoms with Crippen LogP contribution >= 0.6 is 0 Å². The maximum atomic E-state index is 5.71. The van der Waals surface area contributed by atoms with Gasteiger partial charge in [0.05, 0.1) is 18.9 Å². The van der Waals surface area contributed by atoms with Gasteiger partial charge in [0.2, 0.25) is 0 Å². The van der Waals surface area contributed by atoms with Crippen molar-refractivity contribution in [2.45, 2.75) is 32.7 Å². The van der Waals surface area contributed by atoms with Crippen LogP contribution in [0.1, 0.15) is 44.1 Å². The van der Waals surface area contributed by atoms with Gasteiger partial charge in [-0.1, -0.05) is 26.0 Å². The van der Waals surface area contributed by atoms with Gasteiger partial charge < -0.3 is 14.5 Å². The van der Waals surface area contributed by atoms with Crippen molar-refractivity contribution in [1.29, 1.82) is 0 Å². The van der Waals surface area contributed by atoms with Crippen molar-refractivity contribution >= 4 is 0 Å². The van der Waals surface area contributed by atoms with Crippen molar-refractivity contribution in [2.24, 2.45) is 0 Å². The SMILES string of the molecule is CCCNC(c1cccc(OCCC)c1)c1ccco1. The summed E-state index contributed by atoms with van der Waals surface area (Å²) in [6.07, 6.45) is 3.82. The van der Waals surface area contributed by atoms with Crippen LogP contribution in [-0.2, 0) is 0 Å². The number of nitrogens with one attached hydrogen (secondary N) is 1. The van der Waals surface area contributed by atoms with Crippen LogP contribution in [0.5, 0.6) is 5.75 Å². The van der Waals surface area contributed by atoms with Crippen molar-refractivity contribution in [1.82, 2.24) is 5.32 Å². The van der Waals surface area contributed by atoms with E-state index in [0.29, 0.717) is 0 Å². The molecule has 2 aromatic rings. The molecule has 0 saturated heterocycles. The Morgan fingerprint density at radius 2 is 2.05 bits per heavy atom. The average molecular weight is 273 g/mol. The van der Waals surface area contributed by atoms with E-state index in [9.17, 15) is 0 Å². The lowest BCUT2D eigenvalue weighted by Crippen LogP contribution is -2.22. The number of hydrogen-bond donors (Lipinski definition) is 1. The smallest absolute Gasteiger partial charge is 0.125 e. The van der Waals surface area contributed by atoms with Gasteiger partial charge in [-0.15, -0.1) is 0 Å². The number of furan rings is 1. The van der Waals surface area contributed by atoms with E-state index in [0.717, 1.165) is 37.5 Å². The molecule has 0 fully saturated rings. The normalized spacial score (nSPS) is 12.3. The van der Waals surface area contributed by atoms with Gasteiger partial charge in [-0.05, 0) is 49.2 Å². The fourth-order valence-electron chi connectivity index (χ4n) is 2.13. The van der Waals surface area contributed by atoms with E-state index >= 15 is 0 Å². The molecular formula is C17H23NO2. The molecule has 0 spiro atoms. The summed E-state index contributed by atoms with van der Waals surface area (Å²) in [5.41, 5.74) is 1.17. The average Bonchev–Trinajstić information content (AvgIpc) is 3.00. The van der Waals surface area contributed by atoms with Gasteiger partial charge in [0, 0.05) is 0 Å². The first-order valence-corrected chi connectivity index (χ1v) is 7.34. The molecule has 0 aliphatic heterocycles. The summed E-state index contributed by atoms with van der Waals surface area (Å²) in [5.74, 6) is 1.85. The molecule has 3 heteroatoms. The Bertz CT molecular complexity index is 493. The summed E-state index contributed by atoms with van der Waals surface area (Å²) in [5, 5.41) is 3.52. The first-order chi connectivity index (χ1) is 9.85. The zero-order valence-electron chi connectivity index (χ0n) is 12.3. The van der Waals surface area contributed by atoms with Crippen LogP contribution in [0, 0.1) is 0 Å². The Morgan fingerprint density at radius 3 is 2.75 bits per heavy atom. The zero-order valence-corrected chi connectivity index (χ0v) is 12.3. The molecule has 1 aromatic carbocycles. The van der Waals surface area contributed by atoms with Gasteiger partial charge in [0.1, 0.15) is 11.5 Å². The molecule has 1 atom stereocenters. The van der Waals surface area contributed by atoms with Gasteiger partial charge in [-0.2, -0.15) is 0 Å². The van der Waals surface area contributed by atoms with Crippen LogP contribution in [-0.4, -0.2) is 13.2 Å². The van der Waals surface area contributed by atoms with E-state index in [-0.39, 0.29) is 6.04 Å². The van der Waals surface area contributed by atoms with E-state index in [4.69, 9.17) is 9.15 Å². The Morgan fingerprint density at radius 1 is 1.15 bits per heavy atom. The predicted octanol–water partition coefficient (Wildman–Crippen LogP) is 4.16. The van der Waals surface area contributed by atoms with Gasteiger partial charge in [-0.3, -0.25) is 0 Å². The highest BCUT2D eigenvalue weighted by molar-refractivity contribution is 5.34. The molecule has 1 unspecified atom stereocenters. The lowest BCUT2D eigenvalue weighted by molar-refractivity contribution is 0.316. The highest BCUT2D eigenvalue weighted by atomic mass is 16.5. The van der Waals surface area contributed by atoms with Crippen LogP contribution in [0.25, 0.3) is 0 Å². The maximum absolute atomic E-state index is 5.71. The second-order valence-corrected chi connectivity index (χ2v) is 4.82. The summed E-state index contributed by atoms with van der Waals surface area (Å²) in [6, 6.07) is 12.2. The highest BCUT2D eigenvalue weighted by Gasteiger charge is 2.16. The predicted molar refractivity (Wildman–Crippen MR) is 81.1 cm³/mol. The molecule has 0 radical (unpaired) electrons. The third-order valence-electron chi connectivity index (χ3n) is 3.09. The second-order valence-electron chi connectivity index (χ2n) is 4.82. The summed E-state index contributed by atoms with van der Waals surface area (Å²) >= 11 is 0. The number of benzene rings is 1. The van der Waals surface area contributed by atoms with Gasteiger partial charge in [-0.25, -0.2) is 0 Å². The molecule has 0 aliphatic carbocycles. The van der Waals surface area contributed by atoms with Crippen molar-refractivity contribution in [2.75, 3.05) is 13.2 Å². The summed E-state index contributed by atoms with van der Waals surface area (Å²) in [4.78, 5) is 0. The fraction of sp³-hybridized carbons (Fsp3) is 0.412. The molecule has 3 nitrogen and oxygen atoms in total. The Kier molecular flexibility index (Phi) is 5.69. The van der Waals surface area contributed by atoms with E-state index in [1.54, 1.807) is 6.26 Å². The largest absolute Gasteiger partial charge is 0.494 e. The van der Waals surface area contributed by atoms with Crippen LogP contribution in [0.4, 0.5) is 0 Å². The molecule has 1 N–H and O–H groups in total. The quantitative estimate of drug-likeness (QED) is 0.784. The topological polar surface area (TPSA) is 34.4 Å². The lowest BCUT2D eigenvalue weighted by Gasteiger charge is -2.17. The molecular weight excluding hydrogens is 250 g/mol. The minimum atomic E-state index is 0.0788. The van der Waals surface area contributed by atoms with Crippen LogP contribution in [0.2, 0.25) is 0 Å². The van der Waals surface area contributed by atoms with Gasteiger partial charge in [0.25, 0.3) is 0 Å². The molecule has 1 heterocycles. The second kappa shape index (κ2) is 7.75. The van der Waals surface area contributed by atoms with E-state index in [1.807, 2.05) is 24.3 Å². The molecule has 0 amide bonds. The minimum absolute atomic E-state index is 0.0788. The molecule has 1 aromatic heterocycles. The Balaban J connectivity index is 2.19. The summed E-state index contributed by atoms with van der Waals surface area (Å²) in [6.45, 7) is 5.97. The fourth-order valence-corrected chi connectivity index (χ4v) is 2.13. The molecule has 0 aliphatic rings. The van der Waals surface area contributed by atoms with E-state index in [2.05, 4.69) is 31.3 Å². The third-order valence-corrected chi connectivity index (χ3v) is 3.09. The van der Waals surface area contributed by atoms with Crippen LogP contribution < -0.4 is 10.1 Å². The zero-order chi connectivity index (χ0) is 14.2. The lowest BCUT2D eigenvalue weighted by atomic mass is 10.0. The molecule has 2 rings (SSSR count). The van der Waals surface area contributed by atoms with Crippen molar-refractivity contribution in [3.8, 4) is 5.75 Å². The van der Waals surface area contributed by atoms with Crippen molar-refractivity contribution < 1.29 is 9.15 Å². The number of ether oxygens (including phenoxy) is 1. The number of rotatable bonds is 8.